The SMILES string of the molecule is N=C(N)C1=CC=CCN1Cc1ccc(OCc2ccccc2)cc1. The van der Waals surface area contributed by atoms with Gasteiger partial charge in [-0.3, -0.25) is 5.41 Å². The fourth-order valence-electron chi connectivity index (χ4n) is 2.61. The number of nitrogens with one attached hydrogen (secondary N) is 1. The molecule has 0 radical (unpaired) electrons. The smallest absolute Gasteiger partial charge is 0.139 e. The summed E-state index contributed by atoms with van der Waals surface area (Å²) in [6.45, 7) is 2.04. The minimum absolute atomic E-state index is 0.0992. The lowest BCUT2D eigenvalue weighted by atomic mass is 10.1. The van der Waals surface area contributed by atoms with Crippen LogP contribution in [0.25, 0.3) is 0 Å². The van der Waals surface area contributed by atoms with Gasteiger partial charge in [0, 0.05) is 13.1 Å². The zero-order valence-corrected chi connectivity index (χ0v) is 13.5. The lowest BCUT2D eigenvalue weighted by Crippen LogP contribution is -2.32. The van der Waals surface area contributed by atoms with Gasteiger partial charge in [-0.1, -0.05) is 54.6 Å². The van der Waals surface area contributed by atoms with E-state index in [0.717, 1.165) is 29.1 Å². The maximum absolute atomic E-state index is 7.67. The van der Waals surface area contributed by atoms with Crippen LogP contribution in [0.2, 0.25) is 0 Å². The van der Waals surface area contributed by atoms with Crippen molar-refractivity contribution in [1.82, 2.24) is 4.90 Å². The van der Waals surface area contributed by atoms with E-state index in [1.165, 1.54) is 0 Å². The molecule has 1 heterocycles. The maximum Gasteiger partial charge on any atom is 0.139 e. The molecule has 4 nitrogen and oxygen atoms in total. The van der Waals surface area contributed by atoms with E-state index >= 15 is 0 Å². The van der Waals surface area contributed by atoms with Crippen LogP contribution in [0, 0.1) is 5.41 Å². The molecule has 0 unspecified atom stereocenters. The number of amidine groups is 1. The van der Waals surface area contributed by atoms with Crippen molar-refractivity contribution in [2.45, 2.75) is 13.2 Å². The first kappa shape index (κ1) is 15.9. The number of allylic oxidation sites excluding steroid dienone is 2. The van der Waals surface area contributed by atoms with Crippen LogP contribution in [0.3, 0.4) is 0 Å². The van der Waals surface area contributed by atoms with Crippen LogP contribution in [0.4, 0.5) is 0 Å². The number of ether oxygens (including phenoxy) is 1. The molecule has 0 amide bonds. The number of hydrogen-bond acceptors (Lipinski definition) is 3. The molecular formula is C20H21N3O. The van der Waals surface area contributed by atoms with E-state index < -0.39 is 0 Å². The molecule has 0 saturated heterocycles. The van der Waals surface area contributed by atoms with Crippen LogP contribution < -0.4 is 10.5 Å². The Morgan fingerprint density at radius 2 is 1.79 bits per heavy atom. The van der Waals surface area contributed by atoms with Crippen molar-refractivity contribution in [1.29, 1.82) is 5.41 Å². The third kappa shape index (κ3) is 4.04. The van der Waals surface area contributed by atoms with Gasteiger partial charge in [-0.2, -0.15) is 0 Å². The van der Waals surface area contributed by atoms with Crippen LogP contribution in [0.15, 0.2) is 78.5 Å². The van der Waals surface area contributed by atoms with Gasteiger partial charge in [-0.25, -0.2) is 0 Å². The van der Waals surface area contributed by atoms with E-state index in [-0.39, 0.29) is 5.84 Å². The molecule has 0 fully saturated rings. The van der Waals surface area contributed by atoms with Crippen molar-refractivity contribution in [2.75, 3.05) is 6.54 Å². The summed E-state index contributed by atoms with van der Waals surface area (Å²) in [6.07, 6.45) is 5.88. The monoisotopic (exact) mass is 319 g/mol. The van der Waals surface area contributed by atoms with Crippen molar-refractivity contribution in [3.05, 3.63) is 89.6 Å². The van der Waals surface area contributed by atoms with E-state index in [9.17, 15) is 0 Å². The van der Waals surface area contributed by atoms with Gasteiger partial charge in [0.2, 0.25) is 0 Å². The van der Waals surface area contributed by atoms with E-state index in [1.54, 1.807) is 0 Å². The van der Waals surface area contributed by atoms with E-state index in [1.807, 2.05) is 54.6 Å². The second-order valence-corrected chi connectivity index (χ2v) is 5.69. The normalized spacial score (nSPS) is 13.5. The molecule has 0 aliphatic carbocycles. The topological polar surface area (TPSA) is 62.3 Å². The first-order valence-electron chi connectivity index (χ1n) is 7.94. The van der Waals surface area contributed by atoms with Crippen LogP contribution in [0.1, 0.15) is 11.1 Å². The molecule has 4 heteroatoms. The predicted octanol–water partition coefficient (Wildman–Crippen LogP) is 3.46. The lowest BCUT2D eigenvalue weighted by Gasteiger charge is -2.27. The minimum atomic E-state index is 0.0992. The summed E-state index contributed by atoms with van der Waals surface area (Å²) in [6, 6.07) is 18.2. The van der Waals surface area contributed by atoms with Crippen LogP contribution in [-0.4, -0.2) is 17.3 Å². The molecular weight excluding hydrogens is 298 g/mol. The van der Waals surface area contributed by atoms with Crippen LogP contribution in [-0.2, 0) is 13.2 Å². The first-order valence-corrected chi connectivity index (χ1v) is 7.94. The molecule has 1 aliphatic rings. The van der Waals surface area contributed by atoms with Gasteiger partial charge in [0.25, 0.3) is 0 Å². The van der Waals surface area contributed by atoms with Gasteiger partial charge >= 0.3 is 0 Å². The molecule has 0 bridgehead atoms. The Labute approximate surface area is 142 Å². The van der Waals surface area contributed by atoms with E-state index in [2.05, 4.69) is 23.1 Å². The molecule has 0 spiro atoms. The molecule has 0 saturated carbocycles. The Morgan fingerprint density at radius 1 is 1.04 bits per heavy atom. The summed E-state index contributed by atoms with van der Waals surface area (Å²) in [7, 11) is 0. The molecule has 122 valence electrons. The lowest BCUT2D eigenvalue weighted by molar-refractivity contribution is 0.306. The molecule has 3 rings (SSSR count). The molecule has 0 aromatic heterocycles. The van der Waals surface area contributed by atoms with Gasteiger partial charge in [-0.05, 0) is 29.3 Å². The third-order valence-electron chi connectivity index (χ3n) is 3.88. The minimum Gasteiger partial charge on any atom is -0.489 e. The Hall–Kier alpha value is -3.01. The number of hydrogen-bond donors (Lipinski definition) is 2. The van der Waals surface area contributed by atoms with Crippen molar-refractivity contribution < 1.29 is 4.74 Å². The number of benzene rings is 2. The Kier molecular flexibility index (Phi) is 4.96. The fourth-order valence-corrected chi connectivity index (χ4v) is 2.61. The van der Waals surface area contributed by atoms with Crippen molar-refractivity contribution in [2.24, 2.45) is 5.73 Å². The number of rotatable bonds is 6. The Bertz CT molecular complexity index is 748. The number of nitrogens with two attached hydrogens (primary N) is 1. The second kappa shape index (κ2) is 7.51. The fraction of sp³-hybridized carbons (Fsp3) is 0.150. The van der Waals surface area contributed by atoms with Gasteiger partial charge in [-0.15, -0.1) is 0 Å². The quantitative estimate of drug-likeness (QED) is 0.633. The highest BCUT2D eigenvalue weighted by Crippen LogP contribution is 2.18. The Balaban J connectivity index is 1.59. The molecule has 2 aromatic rings. The molecule has 2 aromatic carbocycles. The summed E-state index contributed by atoms with van der Waals surface area (Å²) in [5, 5.41) is 7.67. The van der Waals surface area contributed by atoms with Gasteiger partial charge in [0.1, 0.15) is 18.2 Å². The van der Waals surface area contributed by atoms with E-state index in [4.69, 9.17) is 15.9 Å². The highest BCUT2D eigenvalue weighted by atomic mass is 16.5. The Morgan fingerprint density at radius 3 is 2.50 bits per heavy atom. The van der Waals surface area contributed by atoms with Gasteiger partial charge in [0.15, 0.2) is 0 Å². The molecule has 24 heavy (non-hydrogen) atoms. The molecule has 3 N–H and O–H groups in total. The standard InChI is InChI=1S/C20H21N3O/c21-20(22)19-8-4-5-13-23(19)14-16-9-11-18(12-10-16)24-15-17-6-2-1-3-7-17/h1-12H,13-15H2,(H3,21,22). The predicted molar refractivity (Wildman–Crippen MR) is 96.8 cm³/mol. The van der Waals surface area contributed by atoms with Crippen molar-refractivity contribution in [3.8, 4) is 5.75 Å². The maximum atomic E-state index is 7.67. The summed E-state index contributed by atoms with van der Waals surface area (Å²) in [5.74, 6) is 0.950. The largest absolute Gasteiger partial charge is 0.489 e. The van der Waals surface area contributed by atoms with Crippen LogP contribution in [0.5, 0.6) is 5.75 Å². The average molecular weight is 319 g/mol. The first-order chi connectivity index (χ1) is 11.7. The van der Waals surface area contributed by atoms with Crippen LogP contribution >= 0.6 is 0 Å². The summed E-state index contributed by atoms with van der Waals surface area (Å²) >= 11 is 0. The summed E-state index contributed by atoms with van der Waals surface area (Å²) < 4.78 is 5.81. The van der Waals surface area contributed by atoms with Gasteiger partial charge < -0.3 is 15.4 Å². The van der Waals surface area contributed by atoms with Gasteiger partial charge in [0.05, 0.1) is 5.70 Å². The van der Waals surface area contributed by atoms with Crippen molar-refractivity contribution >= 4 is 5.84 Å². The summed E-state index contributed by atoms with van der Waals surface area (Å²) in [4.78, 5) is 2.09. The molecule has 0 atom stereocenters. The zero-order valence-electron chi connectivity index (χ0n) is 13.5. The molecule has 1 aliphatic heterocycles. The highest BCUT2D eigenvalue weighted by Gasteiger charge is 2.13. The average Bonchev–Trinajstić information content (AvgIpc) is 2.62. The van der Waals surface area contributed by atoms with E-state index in [0.29, 0.717) is 13.2 Å². The zero-order chi connectivity index (χ0) is 16.8. The second-order valence-electron chi connectivity index (χ2n) is 5.69. The number of nitrogens with zero attached hydrogens (tertiary/aromatic N) is 1. The third-order valence-corrected chi connectivity index (χ3v) is 3.88. The highest BCUT2D eigenvalue weighted by molar-refractivity contribution is 5.94. The summed E-state index contributed by atoms with van der Waals surface area (Å²) in [5.41, 5.74) is 8.72. The van der Waals surface area contributed by atoms with Crippen molar-refractivity contribution in [3.63, 3.8) is 0 Å².